The molecule has 4 aliphatic rings. The molecule has 0 radical (unpaired) electrons. The summed E-state index contributed by atoms with van der Waals surface area (Å²) in [4.78, 5) is 42.6. The molecule has 0 saturated carbocycles. The van der Waals surface area contributed by atoms with Gasteiger partial charge in [-0.15, -0.1) is 21.5 Å². The van der Waals surface area contributed by atoms with Crippen molar-refractivity contribution in [2.75, 3.05) is 69.7 Å². The van der Waals surface area contributed by atoms with Gasteiger partial charge in [-0.3, -0.25) is 19.4 Å². The van der Waals surface area contributed by atoms with Gasteiger partial charge in [-0.05, 0) is 87.1 Å². The molecule has 0 aliphatic carbocycles. The van der Waals surface area contributed by atoms with E-state index in [2.05, 4.69) is 58.7 Å². The highest BCUT2D eigenvalue weighted by Crippen LogP contribution is 2.39. The average Bonchev–Trinajstić information content (AvgIpc) is 4.09. The maximum Gasteiger partial charge on any atom is 0.254 e. The number of anilines is 2. The quantitative estimate of drug-likeness (QED) is 0.118. The summed E-state index contributed by atoms with van der Waals surface area (Å²) in [5.41, 5.74) is 7.67. The lowest BCUT2D eigenvalue weighted by atomic mass is 9.91. The average molecular weight is 919 g/mol. The normalized spacial score (nSPS) is 22.4. The summed E-state index contributed by atoms with van der Waals surface area (Å²) < 4.78 is 17.5. The summed E-state index contributed by atoms with van der Waals surface area (Å²) >= 11 is 1.60. The standard InChI is InChI=1S/C49H62N10O6S/c1-29(2)45(49(62)59-26-36(60)23-40(59)48(61)52-30(3)33-11-13-34(14-12-33)46-32(5)50-28-66-46)43-25-44(55-65-43)64-22-21-56-17-15-35(16-18-56)57-19-20-58-39-24-38(37-9-7-8-10-42(37)63-6)53-54-47(39)51-31(4)41(58)27-57/h7-14,24-25,28-31,35-36,40-41,45,60H,15-23,26-27H2,1-6H3,(H,51,54)(H,52,61)/t30-,31-,36+,40-,41-,45+/m0/s1. The van der Waals surface area contributed by atoms with E-state index in [4.69, 9.17) is 14.0 Å². The molecule has 7 heterocycles. The number of aliphatic hydroxyl groups is 1. The van der Waals surface area contributed by atoms with Gasteiger partial charge in [-0.2, -0.15) is 0 Å². The van der Waals surface area contributed by atoms with Gasteiger partial charge in [0, 0.05) is 62.9 Å². The van der Waals surface area contributed by atoms with E-state index in [9.17, 15) is 14.7 Å². The van der Waals surface area contributed by atoms with Crippen LogP contribution in [0.15, 0.2) is 70.7 Å². The number of para-hydroxylation sites is 1. The molecular formula is C49H62N10O6S. The summed E-state index contributed by atoms with van der Waals surface area (Å²) in [6.07, 6.45) is 1.52. The SMILES string of the molecule is COc1ccccc1-c1cc2c(nn1)N[C@@H](C)[C@@H]1CN(C3CCN(CCOc4cc([C@H](C(=O)N5C[C@H](O)C[C@H]5C(=O)N[C@@H](C)c5ccc(-c6scnc6C)cc5)C(C)C)on4)CC3)CCN21. The van der Waals surface area contributed by atoms with Crippen LogP contribution in [0.5, 0.6) is 11.6 Å². The largest absolute Gasteiger partial charge is 0.496 e. The molecule has 0 bridgehead atoms. The minimum absolute atomic E-state index is 0.0646. The third-order valence-corrected chi connectivity index (χ3v) is 15.0. The Bertz CT molecular complexity index is 2470. The maximum atomic E-state index is 14.2. The van der Waals surface area contributed by atoms with Gasteiger partial charge in [0.15, 0.2) is 11.6 Å². The highest BCUT2D eigenvalue weighted by Gasteiger charge is 2.44. The second-order valence-electron chi connectivity index (χ2n) is 18.6. The molecule has 16 nitrogen and oxygen atoms in total. The van der Waals surface area contributed by atoms with Crippen LogP contribution >= 0.6 is 11.3 Å². The van der Waals surface area contributed by atoms with Crippen LogP contribution in [0.2, 0.25) is 0 Å². The molecule has 9 rings (SSSR count). The fourth-order valence-corrected chi connectivity index (χ4v) is 11.1. The van der Waals surface area contributed by atoms with Gasteiger partial charge in [-0.1, -0.05) is 50.2 Å². The summed E-state index contributed by atoms with van der Waals surface area (Å²) in [6.45, 7) is 16.2. The van der Waals surface area contributed by atoms with Crippen molar-refractivity contribution in [1.82, 2.24) is 40.4 Å². The number of methoxy groups -OCH3 is 1. The number of nitrogens with zero attached hydrogens (tertiary/aromatic N) is 8. The molecule has 350 valence electrons. The van der Waals surface area contributed by atoms with Crippen molar-refractivity contribution in [3.05, 3.63) is 83.2 Å². The van der Waals surface area contributed by atoms with Crippen molar-refractivity contribution >= 4 is 34.7 Å². The smallest absolute Gasteiger partial charge is 0.254 e. The molecule has 3 saturated heterocycles. The number of thiazole rings is 1. The summed E-state index contributed by atoms with van der Waals surface area (Å²) in [7, 11) is 1.68. The molecule has 3 fully saturated rings. The Morgan fingerprint density at radius 1 is 1.02 bits per heavy atom. The maximum absolute atomic E-state index is 14.2. The molecule has 2 amide bonds. The van der Waals surface area contributed by atoms with E-state index in [1.54, 1.807) is 24.5 Å². The number of nitrogens with one attached hydrogen (secondary N) is 2. The number of likely N-dealkylation sites (tertiary alicyclic amines) is 2. The number of fused-ring (bicyclic) bond motifs is 3. The van der Waals surface area contributed by atoms with Gasteiger partial charge in [0.05, 0.1) is 52.8 Å². The van der Waals surface area contributed by atoms with Gasteiger partial charge in [-0.25, -0.2) is 4.98 Å². The number of carbonyl (C=O) groups is 2. The summed E-state index contributed by atoms with van der Waals surface area (Å²) in [6, 6.07) is 19.8. The van der Waals surface area contributed by atoms with Crippen LogP contribution in [0.3, 0.4) is 0 Å². The van der Waals surface area contributed by atoms with E-state index in [0.29, 0.717) is 30.3 Å². The van der Waals surface area contributed by atoms with Crippen molar-refractivity contribution in [3.63, 3.8) is 0 Å². The van der Waals surface area contributed by atoms with Gasteiger partial charge in [0.1, 0.15) is 24.3 Å². The summed E-state index contributed by atoms with van der Waals surface area (Å²) in [5, 5.41) is 30.8. The number of rotatable bonds is 14. The molecule has 4 aliphatic heterocycles. The van der Waals surface area contributed by atoms with Crippen molar-refractivity contribution < 1.29 is 28.7 Å². The molecule has 2 aromatic carbocycles. The van der Waals surface area contributed by atoms with E-state index in [-0.39, 0.29) is 42.8 Å². The highest BCUT2D eigenvalue weighted by molar-refractivity contribution is 7.13. The molecule has 17 heteroatoms. The number of β-amino-alcohol motifs (C(OH)–C–C–N with tert-alkyl or cyclic N) is 1. The first-order valence-corrected chi connectivity index (χ1v) is 24.2. The van der Waals surface area contributed by atoms with Crippen LogP contribution in [0, 0.1) is 12.8 Å². The van der Waals surface area contributed by atoms with Crippen molar-refractivity contribution in [3.8, 4) is 33.3 Å². The van der Waals surface area contributed by atoms with Crippen molar-refractivity contribution in [2.45, 2.75) is 96.1 Å². The predicted octanol–water partition coefficient (Wildman–Crippen LogP) is 6.00. The number of aliphatic hydroxyl groups excluding tert-OH is 1. The lowest BCUT2D eigenvalue weighted by molar-refractivity contribution is -0.141. The molecule has 66 heavy (non-hydrogen) atoms. The lowest BCUT2D eigenvalue weighted by Crippen LogP contribution is -2.63. The van der Waals surface area contributed by atoms with Gasteiger partial charge >= 0.3 is 0 Å². The van der Waals surface area contributed by atoms with Gasteiger partial charge in [0.2, 0.25) is 11.8 Å². The van der Waals surface area contributed by atoms with E-state index in [1.165, 1.54) is 4.90 Å². The number of piperazine rings is 1. The number of benzene rings is 2. The Morgan fingerprint density at radius 2 is 1.80 bits per heavy atom. The minimum atomic E-state index is -0.817. The van der Waals surface area contributed by atoms with Crippen molar-refractivity contribution in [1.29, 1.82) is 0 Å². The van der Waals surface area contributed by atoms with Gasteiger partial charge in [0.25, 0.3) is 5.88 Å². The van der Waals surface area contributed by atoms with E-state index in [1.807, 2.05) is 81.7 Å². The number of aryl methyl sites for hydroxylation is 1. The molecule has 5 aromatic rings. The predicted molar refractivity (Wildman–Crippen MR) is 254 cm³/mol. The molecule has 3 aromatic heterocycles. The monoisotopic (exact) mass is 918 g/mol. The molecule has 6 atom stereocenters. The van der Waals surface area contributed by atoms with E-state index >= 15 is 0 Å². The zero-order valence-electron chi connectivity index (χ0n) is 38.7. The molecule has 0 spiro atoms. The highest BCUT2D eigenvalue weighted by atomic mass is 32.1. The topological polar surface area (TPSA) is 175 Å². The first-order valence-electron chi connectivity index (χ1n) is 23.3. The lowest BCUT2D eigenvalue weighted by Gasteiger charge is -2.51. The Labute approximate surface area is 390 Å². The Kier molecular flexibility index (Phi) is 13.6. The van der Waals surface area contributed by atoms with Crippen LogP contribution in [-0.2, 0) is 9.59 Å². The second-order valence-corrected chi connectivity index (χ2v) is 19.4. The number of hydrogen-bond donors (Lipinski definition) is 3. The zero-order valence-corrected chi connectivity index (χ0v) is 39.5. The third-order valence-electron chi connectivity index (χ3n) is 14.0. The first-order chi connectivity index (χ1) is 31.9. The number of hydrogen-bond acceptors (Lipinski definition) is 15. The van der Waals surface area contributed by atoms with Crippen molar-refractivity contribution in [2.24, 2.45) is 5.92 Å². The number of piperidine rings is 1. The molecular weight excluding hydrogens is 857 g/mol. The van der Waals surface area contributed by atoms with Crippen LogP contribution in [0.4, 0.5) is 11.5 Å². The van der Waals surface area contributed by atoms with Crippen LogP contribution in [0.25, 0.3) is 21.7 Å². The Balaban J connectivity index is 0.749. The second kappa shape index (κ2) is 19.7. The fraction of sp³-hybridized carbons (Fsp3) is 0.510. The van der Waals surface area contributed by atoms with Crippen LogP contribution in [0.1, 0.15) is 75.9 Å². The summed E-state index contributed by atoms with van der Waals surface area (Å²) in [5.74, 6) is 0.875. The Hall–Kier alpha value is -5.62. The number of ether oxygens (including phenoxy) is 2. The number of carbonyl (C=O) groups excluding carboxylic acids is 2. The van der Waals surface area contributed by atoms with Gasteiger partial charge < -0.3 is 39.5 Å². The van der Waals surface area contributed by atoms with Crippen LogP contribution < -0.4 is 25.0 Å². The third kappa shape index (κ3) is 9.48. The van der Waals surface area contributed by atoms with Crippen LogP contribution in [-0.4, -0.2) is 142 Å². The number of amides is 2. The van der Waals surface area contributed by atoms with E-state index < -0.39 is 18.1 Å². The minimum Gasteiger partial charge on any atom is -0.496 e. The first kappa shape index (κ1) is 45.5. The van der Waals surface area contributed by atoms with E-state index in [0.717, 1.165) is 102 Å². The molecule has 0 unspecified atom stereocenters. The molecule has 3 N–H and O–H groups in total. The fourth-order valence-electron chi connectivity index (χ4n) is 10.3. The zero-order chi connectivity index (χ0) is 46.1. The number of aromatic nitrogens is 4. The Morgan fingerprint density at radius 3 is 2.55 bits per heavy atom.